The van der Waals surface area contributed by atoms with Crippen LogP contribution in [0.15, 0.2) is 53.4 Å². The molecule has 134 valence electrons. The van der Waals surface area contributed by atoms with Crippen molar-refractivity contribution in [2.45, 2.75) is 49.5 Å². The minimum atomic E-state index is -3.78. The van der Waals surface area contributed by atoms with Crippen LogP contribution >= 0.6 is 0 Å². The highest BCUT2D eigenvalue weighted by molar-refractivity contribution is 7.86. The molecule has 0 radical (unpaired) electrons. The van der Waals surface area contributed by atoms with E-state index in [2.05, 4.69) is 0 Å². The topological polar surface area (TPSA) is 52.6 Å². The minimum absolute atomic E-state index is 0.0186. The number of methoxy groups -OCH3 is 1. The van der Waals surface area contributed by atoms with Crippen LogP contribution in [-0.2, 0) is 14.3 Å². The Hall–Kier alpha value is -1.85. The molecule has 0 aromatic heterocycles. The van der Waals surface area contributed by atoms with Crippen LogP contribution < -0.4 is 4.74 Å². The zero-order chi connectivity index (χ0) is 17.9. The fourth-order valence-electron chi connectivity index (χ4n) is 3.46. The molecule has 2 atom stereocenters. The van der Waals surface area contributed by atoms with Crippen molar-refractivity contribution in [2.75, 3.05) is 7.11 Å². The van der Waals surface area contributed by atoms with Crippen LogP contribution in [0.2, 0.25) is 0 Å². The molecule has 4 nitrogen and oxygen atoms in total. The maximum absolute atomic E-state index is 12.7. The van der Waals surface area contributed by atoms with Gasteiger partial charge in [-0.25, -0.2) is 0 Å². The molecule has 3 rings (SSSR count). The Kier molecular flexibility index (Phi) is 5.45. The van der Waals surface area contributed by atoms with Crippen molar-refractivity contribution in [3.05, 3.63) is 59.7 Å². The number of hydrogen-bond acceptors (Lipinski definition) is 4. The molecule has 0 saturated heterocycles. The second-order valence-corrected chi connectivity index (χ2v) is 8.11. The van der Waals surface area contributed by atoms with Crippen molar-refractivity contribution in [2.24, 2.45) is 0 Å². The van der Waals surface area contributed by atoms with E-state index in [9.17, 15) is 8.42 Å². The lowest BCUT2D eigenvalue weighted by atomic mass is 9.81. The quantitative estimate of drug-likeness (QED) is 0.740. The smallest absolute Gasteiger partial charge is 0.297 e. The Balaban J connectivity index is 1.87. The van der Waals surface area contributed by atoms with Crippen molar-refractivity contribution in [1.82, 2.24) is 0 Å². The van der Waals surface area contributed by atoms with Crippen LogP contribution in [0.25, 0.3) is 0 Å². The third kappa shape index (κ3) is 4.05. The second kappa shape index (κ2) is 7.58. The molecule has 1 saturated carbocycles. The largest absolute Gasteiger partial charge is 0.496 e. The number of rotatable bonds is 5. The van der Waals surface area contributed by atoms with E-state index in [1.165, 1.54) is 0 Å². The highest BCUT2D eigenvalue weighted by Crippen LogP contribution is 2.40. The molecule has 0 aliphatic heterocycles. The fourth-order valence-corrected chi connectivity index (χ4v) is 4.60. The summed E-state index contributed by atoms with van der Waals surface area (Å²) in [7, 11) is -2.14. The van der Waals surface area contributed by atoms with Crippen LogP contribution in [0.4, 0.5) is 0 Å². The van der Waals surface area contributed by atoms with Crippen molar-refractivity contribution in [3.8, 4) is 5.75 Å². The van der Waals surface area contributed by atoms with Crippen molar-refractivity contribution in [1.29, 1.82) is 0 Å². The van der Waals surface area contributed by atoms with Crippen molar-refractivity contribution < 1.29 is 17.3 Å². The minimum Gasteiger partial charge on any atom is -0.496 e. The lowest BCUT2D eigenvalue weighted by Crippen LogP contribution is -2.29. The summed E-state index contributed by atoms with van der Waals surface area (Å²) < 4.78 is 36.5. The van der Waals surface area contributed by atoms with Crippen LogP contribution in [0, 0.1) is 6.92 Å². The second-order valence-electron chi connectivity index (χ2n) is 6.53. The van der Waals surface area contributed by atoms with E-state index in [0.717, 1.165) is 42.6 Å². The molecule has 0 unspecified atom stereocenters. The third-order valence-electron chi connectivity index (χ3n) is 4.80. The Morgan fingerprint density at radius 2 is 1.64 bits per heavy atom. The molecule has 0 N–H and O–H groups in total. The average molecular weight is 360 g/mol. The zero-order valence-corrected chi connectivity index (χ0v) is 15.5. The molecule has 1 fully saturated rings. The average Bonchev–Trinajstić information content (AvgIpc) is 2.62. The van der Waals surface area contributed by atoms with Gasteiger partial charge in [0.25, 0.3) is 10.1 Å². The molecule has 0 spiro atoms. The van der Waals surface area contributed by atoms with Gasteiger partial charge in [-0.3, -0.25) is 4.18 Å². The summed E-state index contributed by atoms with van der Waals surface area (Å²) in [6.07, 6.45) is 3.30. The first-order valence-electron chi connectivity index (χ1n) is 8.64. The molecule has 2 aromatic rings. The highest BCUT2D eigenvalue weighted by atomic mass is 32.2. The zero-order valence-electron chi connectivity index (χ0n) is 14.6. The summed E-state index contributed by atoms with van der Waals surface area (Å²) in [6.45, 7) is 1.93. The van der Waals surface area contributed by atoms with Gasteiger partial charge in [0.15, 0.2) is 0 Å². The Labute approximate surface area is 149 Å². The first-order chi connectivity index (χ1) is 12.0. The predicted molar refractivity (Wildman–Crippen MR) is 97.4 cm³/mol. The molecule has 2 aromatic carbocycles. The Morgan fingerprint density at radius 3 is 2.36 bits per heavy atom. The molecular formula is C20H24O4S. The van der Waals surface area contributed by atoms with E-state index >= 15 is 0 Å². The molecule has 0 heterocycles. The summed E-state index contributed by atoms with van der Waals surface area (Å²) in [6, 6.07) is 14.6. The van der Waals surface area contributed by atoms with E-state index in [0.29, 0.717) is 0 Å². The van der Waals surface area contributed by atoms with Gasteiger partial charge in [0, 0.05) is 5.92 Å². The van der Waals surface area contributed by atoms with Gasteiger partial charge in [-0.05, 0) is 43.5 Å². The number of aryl methyl sites for hydroxylation is 1. The van der Waals surface area contributed by atoms with Crippen LogP contribution in [0.3, 0.4) is 0 Å². The third-order valence-corrected chi connectivity index (χ3v) is 6.15. The van der Waals surface area contributed by atoms with E-state index in [-0.39, 0.29) is 16.9 Å². The molecule has 1 aliphatic carbocycles. The Bertz CT molecular complexity index is 812. The van der Waals surface area contributed by atoms with Gasteiger partial charge in [0.05, 0.1) is 18.1 Å². The molecule has 25 heavy (non-hydrogen) atoms. The van der Waals surface area contributed by atoms with Gasteiger partial charge >= 0.3 is 0 Å². The van der Waals surface area contributed by atoms with Crippen molar-refractivity contribution >= 4 is 10.1 Å². The van der Waals surface area contributed by atoms with Gasteiger partial charge < -0.3 is 4.74 Å². The van der Waals surface area contributed by atoms with E-state index in [1.807, 2.05) is 31.2 Å². The lowest BCUT2D eigenvalue weighted by Gasteiger charge is -2.32. The first-order valence-corrected chi connectivity index (χ1v) is 10.0. The summed E-state index contributed by atoms with van der Waals surface area (Å²) in [5.74, 6) is 0.806. The number of para-hydroxylation sites is 1. The molecule has 1 aliphatic rings. The van der Waals surface area contributed by atoms with Gasteiger partial charge in [-0.2, -0.15) is 8.42 Å². The highest BCUT2D eigenvalue weighted by Gasteiger charge is 2.33. The molecule has 0 amide bonds. The number of benzene rings is 2. The van der Waals surface area contributed by atoms with Gasteiger partial charge in [-0.15, -0.1) is 0 Å². The summed E-state index contributed by atoms with van der Waals surface area (Å²) in [4.78, 5) is 0.211. The fraction of sp³-hybridized carbons (Fsp3) is 0.400. The summed E-state index contributed by atoms with van der Waals surface area (Å²) in [5, 5.41) is 0. The van der Waals surface area contributed by atoms with Gasteiger partial charge in [0.1, 0.15) is 5.75 Å². The molecule has 5 heteroatoms. The first kappa shape index (κ1) is 18.0. The summed E-state index contributed by atoms with van der Waals surface area (Å²) >= 11 is 0. The number of hydrogen-bond donors (Lipinski definition) is 0. The van der Waals surface area contributed by atoms with Gasteiger partial charge in [0.2, 0.25) is 0 Å². The van der Waals surface area contributed by atoms with E-state index in [4.69, 9.17) is 8.92 Å². The van der Waals surface area contributed by atoms with E-state index in [1.54, 1.807) is 31.4 Å². The molecular weight excluding hydrogens is 336 g/mol. The maximum atomic E-state index is 12.7. The Morgan fingerprint density at radius 1 is 0.960 bits per heavy atom. The maximum Gasteiger partial charge on any atom is 0.297 e. The van der Waals surface area contributed by atoms with Crippen LogP contribution in [0.1, 0.15) is 42.7 Å². The predicted octanol–water partition coefficient (Wildman–Crippen LogP) is 4.44. The lowest BCUT2D eigenvalue weighted by molar-refractivity contribution is 0.135. The van der Waals surface area contributed by atoms with Crippen LogP contribution in [0.5, 0.6) is 5.75 Å². The van der Waals surface area contributed by atoms with E-state index < -0.39 is 10.1 Å². The number of ether oxygens (including phenoxy) is 1. The SMILES string of the molecule is COc1ccccc1[C@@H]1CCCC[C@H]1OS(=O)(=O)c1ccc(C)cc1. The molecule has 0 bridgehead atoms. The van der Waals surface area contributed by atoms with Gasteiger partial charge in [-0.1, -0.05) is 48.7 Å². The normalized spacial score (nSPS) is 21.0. The van der Waals surface area contributed by atoms with Crippen molar-refractivity contribution in [3.63, 3.8) is 0 Å². The monoisotopic (exact) mass is 360 g/mol. The standard InChI is InChI=1S/C20H24O4S/c1-15-11-13-16(14-12-15)25(21,22)24-20-10-6-4-8-18(20)17-7-3-5-9-19(17)23-2/h3,5,7,9,11-14,18,20H,4,6,8,10H2,1-2H3/t18-,20+/m0/s1. The van der Waals surface area contributed by atoms with Crippen LogP contribution in [-0.4, -0.2) is 21.6 Å². The summed E-state index contributed by atoms with van der Waals surface area (Å²) in [5.41, 5.74) is 2.04.